The Morgan fingerprint density at radius 2 is 1.67 bits per heavy atom. The molecule has 0 aromatic heterocycles. The van der Waals surface area contributed by atoms with Crippen LogP contribution >= 0.6 is 0 Å². The van der Waals surface area contributed by atoms with Gasteiger partial charge < -0.3 is 21.1 Å². The fraction of sp³-hybridized carbons (Fsp3) is 0.471. The number of anilines is 2. The van der Waals surface area contributed by atoms with Gasteiger partial charge in [0.15, 0.2) is 0 Å². The summed E-state index contributed by atoms with van der Waals surface area (Å²) in [7, 11) is 0. The second-order valence-electron chi connectivity index (χ2n) is 6.64. The SMILES string of the molecule is CC(=O)Nc1cccc(NC(=O)C(=O)NCCC(O)C(C)(C)C)c1. The Morgan fingerprint density at radius 1 is 1.08 bits per heavy atom. The van der Waals surface area contributed by atoms with E-state index in [1.807, 2.05) is 20.8 Å². The van der Waals surface area contributed by atoms with Crippen molar-refractivity contribution in [3.05, 3.63) is 24.3 Å². The summed E-state index contributed by atoms with van der Waals surface area (Å²) in [6.07, 6.45) is -0.212. The molecule has 0 spiro atoms. The van der Waals surface area contributed by atoms with E-state index in [-0.39, 0.29) is 17.9 Å². The molecule has 1 rings (SSSR count). The number of carbonyl (C=O) groups excluding carboxylic acids is 3. The van der Waals surface area contributed by atoms with Crippen molar-refractivity contribution in [1.82, 2.24) is 5.32 Å². The Morgan fingerprint density at radius 3 is 2.21 bits per heavy atom. The van der Waals surface area contributed by atoms with Gasteiger partial charge in [0, 0.05) is 24.8 Å². The Bertz CT molecular complexity index is 608. The lowest BCUT2D eigenvalue weighted by Crippen LogP contribution is -2.38. The third-order valence-corrected chi connectivity index (χ3v) is 3.35. The minimum Gasteiger partial charge on any atom is -0.393 e. The van der Waals surface area contributed by atoms with E-state index in [4.69, 9.17) is 0 Å². The molecule has 4 N–H and O–H groups in total. The summed E-state index contributed by atoms with van der Waals surface area (Å²) in [6.45, 7) is 7.28. The molecule has 1 aromatic carbocycles. The zero-order chi connectivity index (χ0) is 18.3. The van der Waals surface area contributed by atoms with E-state index in [2.05, 4.69) is 16.0 Å². The van der Waals surface area contributed by atoms with E-state index < -0.39 is 17.9 Å². The monoisotopic (exact) mass is 335 g/mol. The topological polar surface area (TPSA) is 108 Å². The van der Waals surface area contributed by atoms with Crippen molar-refractivity contribution in [2.45, 2.75) is 40.2 Å². The van der Waals surface area contributed by atoms with Gasteiger partial charge in [0.1, 0.15) is 0 Å². The lowest BCUT2D eigenvalue weighted by Gasteiger charge is -2.25. The Balaban J connectivity index is 2.50. The van der Waals surface area contributed by atoms with E-state index >= 15 is 0 Å². The van der Waals surface area contributed by atoms with Crippen LogP contribution in [0.3, 0.4) is 0 Å². The first kappa shape index (κ1) is 19.6. The molecule has 0 radical (unpaired) electrons. The Hall–Kier alpha value is -2.41. The van der Waals surface area contributed by atoms with Gasteiger partial charge in [0.2, 0.25) is 5.91 Å². The summed E-state index contributed by atoms with van der Waals surface area (Å²) in [6, 6.07) is 6.49. The molecule has 1 unspecified atom stereocenters. The second kappa shape index (κ2) is 8.44. The Kier molecular flexibility index (Phi) is 6.91. The fourth-order valence-electron chi connectivity index (χ4n) is 1.90. The van der Waals surface area contributed by atoms with Gasteiger partial charge in [-0.1, -0.05) is 26.8 Å². The van der Waals surface area contributed by atoms with E-state index in [1.54, 1.807) is 24.3 Å². The maximum atomic E-state index is 11.8. The standard InChI is InChI=1S/C17H25N3O4/c1-11(21)19-12-6-5-7-13(10-12)20-16(24)15(23)18-9-8-14(22)17(2,3)4/h5-7,10,14,22H,8-9H2,1-4H3,(H,18,23)(H,19,21)(H,20,24). The Labute approximate surface area is 141 Å². The summed E-state index contributed by atoms with van der Waals surface area (Å²) in [4.78, 5) is 34.6. The average molecular weight is 335 g/mol. The van der Waals surface area contributed by atoms with Gasteiger partial charge >= 0.3 is 11.8 Å². The minimum absolute atomic E-state index is 0.205. The highest BCUT2D eigenvalue weighted by atomic mass is 16.3. The van der Waals surface area contributed by atoms with Crippen LogP contribution < -0.4 is 16.0 Å². The van der Waals surface area contributed by atoms with Crippen molar-refractivity contribution >= 4 is 29.1 Å². The quantitative estimate of drug-likeness (QED) is 0.612. The number of nitrogens with one attached hydrogen (secondary N) is 3. The molecular weight excluding hydrogens is 310 g/mol. The smallest absolute Gasteiger partial charge is 0.313 e. The number of hydrogen-bond acceptors (Lipinski definition) is 4. The van der Waals surface area contributed by atoms with Crippen LogP contribution in [-0.2, 0) is 14.4 Å². The number of rotatable bonds is 5. The van der Waals surface area contributed by atoms with Crippen LogP contribution in [0.1, 0.15) is 34.1 Å². The van der Waals surface area contributed by atoms with Crippen LogP contribution in [0.4, 0.5) is 11.4 Å². The maximum absolute atomic E-state index is 11.8. The lowest BCUT2D eigenvalue weighted by molar-refractivity contribution is -0.136. The highest BCUT2D eigenvalue weighted by Crippen LogP contribution is 2.21. The molecule has 0 saturated heterocycles. The van der Waals surface area contributed by atoms with Crippen molar-refractivity contribution < 1.29 is 19.5 Å². The fourth-order valence-corrected chi connectivity index (χ4v) is 1.90. The van der Waals surface area contributed by atoms with Crippen molar-refractivity contribution in [2.24, 2.45) is 5.41 Å². The van der Waals surface area contributed by atoms with Crippen LogP contribution in [0.2, 0.25) is 0 Å². The molecule has 1 atom stereocenters. The highest BCUT2D eigenvalue weighted by Gasteiger charge is 2.22. The van der Waals surface area contributed by atoms with Gasteiger partial charge in [-0.25, -0.2) is 0 Å². The molecule has 132 valence electrons. The summed E-state index contributed by atoms with van der Waals surface area (Å²) in [5, 5.41) is 17.4. The average Bonchev–Trinajstić information content (AvgIpc) is 2.45. The van der Waals surface area contributed by atoms with E-state index in [0.717, 1.165) is 0 Å². The molecule has 0 heterocycles. The first-order valence-electron chi connectivity index (χ1n) is 7.74. The highest BCUT2D eigenvalue weighted by molar-refractivity contribution is 6.39. The van der Waals surface area contributed by atoms with Crippen molar-refractivity contribution in [1.29, 1.82) is 0 Å². The summed E-state index contributed by atoms with van der Waals surface area (Å²) in [5.74, 6) is -1.81. The van der Waals surface area contributed by atoms with Crippen molar-refractivity contribution in [3.8, 4) is 0 Å². The molecule has 7 heteroatoms. The van der Waals surface area contributed by atoms with Gasteiger partial charge in [-0.05, 0) is 30.0 Å². The zero-order valence-corrected chi connectivity index (χ0v) is 14.5. The number of aliphatic hydroxyl groups is 1. The van der Waals surface area contributed by atoms with Gasteiger partial charge in [0.05, 0.1) is 6.10 Å². The molecule has 0 aliphatic rings. The summed E-state index contributed by atoms with van der Waals surface area (Å²) >= 11 is 0. The molecule has 0 saturated carbocycles. The third-order valence-electron chi connectivity index (χ3n) is 3.35. The summed E-state index contributed by atoms with van der Waals surface area (Å²) in [5.41, 5.74) is 0.641. The lowest BCUT2D eigenvalue weighted by atomic mass is 9.87. The molecule has 7 nitrogen and oxygen atoms in total. The number of hydrogen-bond donors (Lipinski definition) is 4. The molecule has 24 heavy (non-hydrogen) atoms. The molecule has 0 aliphatic heterocycles. The van der Waals surface area contributed by atoms with Crippen LogP contribution in [0.15, 0.2) is 24.3 Å². The zero-order valence-electron chi connectivity index (χ0n) is 14.5. The van der Waals surface area contributed by atoms with Gasteiger partial charge in [-0.15, -0.1) is 0 Å². The minimum atomic E-state index is -0.805. The van der Waals surface area contributed by atoms with Gasteiger partial charge in [-0.2, -0.15) is 0 Å². The van der Waals surface area contributed by atoms with Crippen molar-refractivity contribution in [2.75, 3.05) is 17.2 Å². The van der Waals surface area contributed by atoms with Crippen LogP contribution in [0.25, 0.3) is 0 Å². The second-order valence-corrected chi connectivity index (χ2v) is 6.64. The first-order valence-corrected chi connectivity index (χ1v) is 7.74. The molecule has 0 aliphatic carbocycles. The summed E-state index contributed by atoms with van der Waals surface area (Å²) < 4.78 is 0. The molecular formula is C17H25N3O4. The molecule has 3 amide bonds. The predicted octanol–water partition coefficient (Wildman–Crippen LogP) is 1.50. The molecule has 1 aromatic rings. The van der Waals surface area contributed by atoms with Crippen LogP contribution in [0, 0.1) is 5.41 Å². The van der Waals surface area contributed by atoms with Crippen molar-refractivity contribution in [3.63, 3.8) is 0 Å². The van der Waals surface area contributed by atoms with Crippen LogP contribution in [-0.4, -0.2) is 35.5 Å². The largest absolute Gasteiger partial charge is 0.393 e. The molecule has 0 fully saturated rings. The molecule has 0 bridgehead atoms. The van der Waals surface area contributed by atoms with Gasteiger partial charge in [0.25, 0.3) is 0 Å². The van der Waals surface area contributed by atoms with Gasteiger partial charge in [-0.3, -0.25) is 14.4 Å². The number of amides is 3. The predicted molar refractivity (Wildman–Crippen MR) is 92.5 cm³/mol. The first-order chi connectivity index (χ1) is 11.1. The third kappa shape index (κ3) is 6.78. The normalized spacial score (nSPS) is 12.2. The van der Waals surface area contributed by atoms with E-state index in [9.17, 15) is 19.5 Å². The van der Waals surface area contributed by atoms with E-state index in [1.165, 1.54) is 6.92 Å². The maximum Gasteiger partial charge on any atom is 0.313 e. The van der Waals surface area contributed by atoms with E-state index in [0.29, 0.717) is 17.8 Å². The number of benzene rings is 1. The number of aliphatic hydroxyl groups excluding tert-OH is 1. The number of carbonyl (C=O) groups is 3. The van der Waals surface area contributed by atoms with Crippen LogP contribution in [0.5, 0.6) is 0 Å².